The van der Waals surface area contributed by atoms with Crippen molar-refractivity contribution in [2.45, 2.75) is 40.5 Å². The van der Waals surface area contributed by atoms with Gasteiger partial charge >= 0.3 is 0 Å². The molecule has 5 rings (SSSR count). The summed E-state index contributed by atoms with van der Waals surface area (Å²) in [5.74, 6) is 0. The number of nitrogens with zero attached hydrogens (tertiary/aromatic N) is 3. The fraction of sp³-hybridized carbons (Fsp3) is 0.500. The van der Waals surface area contributed by atoms with Crippen LogP contribution in [0.5, 0.6) is 0 Å². The highest BCUT2D eigenvalue weighted by Crippen LogP contribution is 2.49. The Morgan fingerprint density at radius 2 is 1.59 bits per heavy atom. The molecule has 184 valence electrons. The average molecular weight is 506 g/mol. The second-order valence-corrected chi connectivity index (χ2v) is 13.6. The van der Waals surface area contributed by atoms with Crippen molar-refractivity contribution in [1.29, 1.82) is 0 Å². The molecule has 2 saturated heterocycles. The van der Waals surface area contributed by atoms with Gasteiger partial charge in [-0.3, -0.25) is 9.21 Å². The number of fused-ring (bicyclic) bond motifs is 2. The van der Waals surface area contributed by atoms with Crippen molar-refractivity contribution in [2.24, 2.45) is 0 Å². The smallest absolute Gasteiger partial charge is 0.264 e. The predicted octanol–water partition coefficient (Wildman–Crippen LogP) is 2.27. The number of rotatable bonds is 5. The summed E-state index contributed by atoms with van der Waals surface area (Å²) in [6.07, 6.45) is 2.85. The molecular formula is C24H31N3O5S2. The van der Waals surface area contributed by atoms with Gasteiger partial charge in [0.05, 0.1) is 22.1 Å². The Labute approximate surface area is 202 Å². The molecule has 0 aliphatic carbocycles. The number of hydrogen-bond donors (Lipinski definition) is 0. The Bertz CT molecular complexity index is 1260. The van der Waals surface area contributed by atoms with E-state index in [9.17, 15) is 16.8 Å². The van der Waals surface area contributed by atoms with E-state index in [0.717, 1.165) is 61.1 Å². The van der Waals surface area contributed by atoms with E-state index in [2.05, 4.69) is 11.0 Å². The third-order valence-electron chi connectivity index (χ3n) is 7.56. The van der Waals surface area contributed by atoms with Gasteiger partial charge in [0.15, 0.2) is 0 Å². The van der Waals surface area contributed by atoms with Gasteiger partial charge in [-0.15, -0.1) is 0 Å². The van der Waals surface area contributed by atoms with Gasteiger partial charge in [0.25, 0.3) is 10.0 Å². The first-order valence-electron chi connectivity index (χ1n) is 11.6. The van der Waals surface area contributed by atoms with Crippen molar-refractivity contribution in [3.8, 4) is 0 Å². The minimum Gasteiger partial charge on any atom is -0.380 e. The van der Waals surface area contributed by atoms with Gasteiger partial charge in [0, 0.05) is 38.7 Å². The van der Waals surface area contributed by atoms with Gasteiger partial charge in [-0.25, -0.2) is 21.1 Å². The molecule has 8 nitrogen and oxygen atoms in total. The molecule has 34 heavy (non-hydrogen) atoms. The number of hydrogen-bond acceptors (Lipinski definition) is 6. The first-order chi connectivity index (χ1) is 16.1. The van der Waals surface area contributed by atoms with Crippen LogP contribution in [0.25, 0.3) is 0 Å². The minimum absolute atomic E-state index is 0.0676. The Hall–Kier alpha value is -1.98. The van der Waals surface area contributed by atoms with Crippen molar-refractivity contribution in [3.63, 3.8) is 0 Å². The van der Waals surface area contributed by atoms with Crippen molar-refractivity contribution < 1.29 is 21.6 Å². The van der Waals surface area contributed by atoms with Gasteiger partial charge in [-0.2, -0.15) is 0 Å². The van der Waals surface area contributed by atoms with Crippen LogP contribution in [0.4, 0.5) is 5.69 Å². The van der Waals surface area contributed by atoms with E-state index in [1.807, 2.05) is 18.2 Å². The van der Waals surface area contributed by atoms with Crippen LogP contribution >= 0.6 is 0 Å². The van der Waals surface area contributed by atoms with Crippen LogP contribution in [0.2, 0.25) is 0 Å². The molecule has 2 aromatic carbocycles. The Kier molecular flexibility index (Phi) is 6.01. The van der Waals surface area contributed by atoms with Crippen LogP contribution in [-0.2, 0) is 30.2 Å². The van der Waals surface area contributed by atoms with Crippen LogP contribution in [0.15, 0.2) is 58.3 Å². The summed E-state index contributed by atoms with van der Waals surface area (Å²) in [5.41, 5.74) is 1.60. The van der Waals surface area contributed by atoms with E-state index in [0.29, 0.717) is 12.6 Å². The first-order valence-corrected chi connectivity index (χ1v) is 14.5. The molecule has 2 aromatic rings. The molecule has 0 N–H and O–H groups in total. The molecule has 3 aliphatic heterocycles. The van der Waals surface area contributed by atoms with Crippen LogP contribution < -0.4 is 4.31 Å². The van der Waals surface area contributed by atoms with E-state index >= 15 is 0 Å². The van der Waals surface area contributed by atoms with Crippen molar-refractivity contribution >= 4 is 25.7 Å². The molecule has 2 fully saturated rings. The number of para-hydroxylation sites is 1. The Morgan fingerprint density at radius 3 is 2.21 bits per heavy atom. The topological polar surface area (TPSA) is 87.2 Å². The first kappa shape index (κ1) is 23.7. The standard InChI is InChI=1S/C24H31N3O5S2/c1-25(2)33(28,29)20-7-9-21(10-8-20)34(30,31)27-18-24(22-5-3-4-6-23(22)27)12-14-26(15-13-24)19-11-16-32-17-19/h3-10,19H,11-18H2,1-2H3. The second kappa shape index (κ2) is 8.60. The monoisotopic (exact) mass is 505 g/mol. The zero-order valence-electron chi connectivity index (χ0n) is 19.6. The van der Waals surface area contributed by atoms with E-state index < -0.39 is 20.0 Å². The summed E-state index contributed by atoms with van der Waals surface area (Å²) >= 11 is 0. The number of ether oxygens (including phenoxy) is 1. The highest BCUT2D eigenvalue weighted by molar-refractivity contribution is 7.93. The summed E-state index contributed by atoms with van der Waals surface area (Å²) in [7, 11) is -4.58. The quantitative estimate of drug-likeness (QED) is 0.620. The fourth-order valence-electron chi connectivity index (χ4n) is 5.48. The van der Waals surface area contributed by atoms with Gasteiger partial charge in [0.1, 0.15) is 0 Å². The van der Waals surface area contributed by atoms with E-state index in [4.69, 9.17) is 4.74 Å². The zero-order chi connectivity index (χ0) is 24.1. The normalized spacial score (nSPS) is 23.0. The largest absolute Gasteiger partial charge is 0.380 e. The van der Waals surface area contributed by atoms with E-state index in [1.54, 1.807) is 0 Å². The summed E-state index contributed by atoms with van der Waals surface area (Å²) < 4.78 is 60.4. The van der Waals surface area contributed by atoms with Crippen molar-refractivity contribution in [1.82, 2.24) is 9.21 Å². The Morgan fingerprint density at radius 1 is 0.941 bits per heavy atom. The molecular weight excluding hydrogens is 474 g/mol. The lowest BCUT2D eigenvalue weighted by atomic mass is 9.74. The third kappa shape index (κ3) is 3.85. The predicted molar refractivity (Wildman–Crippen MR) is 130 cm³/mol. The molecule has 0 saturated carbocycles. The molecule has 3 aliphatic rings. The lowest BCUT2D eigenvalue weighted by molar-refractivity contribution is 0.102. The number of anilines is 1. The lowest BCUT2D eigenvalue weighted by Gasteiger charge is -2.41. The zero-order valence-corrected chi connectivity index (χ0v) is 21.2. The third-order valence-corrected chi connectivity index (χ3v) is 11.2. The molecule has 0 bridgehead atoms. The molecule has 0 amide bonds. The highest BCUT2D eigenvalue weighted by atomic mass is 32.2. The van der Waals surface area contributed by atoms with Gasteiger partial charge in [0.2, 0.25) is 10.0 Å². The Balaban J connectivity index is 1.43. The van der Waals surface area contributed by atoms with Gasteiger partial charge < -0.3 is 4.74 Å². The van der Waals surface area contributed by atoms with Crippen LogP contribution in [0.3, 0.4) is 0 Å². The van der Waals surface area contributed by atoms with E-state index in [-0.39, 0.29) is 15.2 Å². The number of benzene rings is 2. The average Bonchev–Trinajstić information content (AvgIpc) is 3.48. The van der Waals surface area contributed by atoms with Crippen molar-refractivity contribution in [3.05, 3.63) is 54.1 Å². The second-order valence-electron chi connectivity index (χ2n) is 9.62. The molecule has 1 atom stereocenters. The molecule has 0 aromatic heterocycles. The lowest BCUT2D eigenvalue weighted by Crippen LogP contribution is -2.49. The summed E-state index contributed by atoms with van der Waals surface area (Å²) in [5, 5.41) is 0. The fourth-order valence-corrected chi connectivity index (χ4v) is 7.95. The maximum atomic E-state index is 13.7. The maximum Gasteiger partial charge on any atom is 0.264 e. The van der Waals surface area contributed by atoms with Crippen molar-refractivity contribution in [2.75, 3.05) is 51.2 Å². The van der Waals surface area contributed by atoms with Crippen LogP contribution in [-0.4, -0.2) is 79.0 Å². The number of sulfonamides is 2. The van der Waals surface area contributed by atoms with Gasteiger partial charge in [-0.1, -0.05) is 18.2 Å². The SMILES string of the molecule is CN(C)S(=O)(=O)c1ccc(S(=O)(=O)N2CC3(CCN(C4CCOC4)CC3)c3ccccc32)cc1. The molecule has 0 radical (unpaired) electrons. The van der Waals surface area contributed by atoms with Crippen LogP contribution in [0, 0.1) is 0 Å². The summed E-state index contributed by atoms with van der Waals surface area (Å²) in [6, 6.07) is 13.8. The molecule has 3 heterocycles. The molecule has 10 heteroatoms. The molecule has 1 unspecified atom stereocenters. The summed E-state index contributed by atoms with van der Waals surface area (Å²) in [6.45, 7) is 3.85. The van der Waals surface area contributed by atoms with Gasteiger partial charge in [-0.05, 0) is 68.2 Å². The maximum absolute atomic E-state index is 13.7. The summed E-state index contributed by atoms with van der Waals surface area (Å²) in [4.78, 5) is 2.65. The number of likely N-dealkylation sites (tertiary alicyclic amines) is 1. The molecule has 1 spiro atoms. The minimum atomic E-state index is -3.85. The van der Waals surface area contributed by atoms with E-state index in [1.165, 1.54) is 42.7 Å². The van der Waals surface area contributed by atoms with Crippen LogP contribution in [0.1, 0.15) is 24.8 Å². The highest BCUT2D eigenvalue weighted by Gasteiger charge is 2.48. The number of piperidine rings is 1.